The number of hydrogen-bond acceptors (Lipinski definition) is 4. The molecule has 4 nitrogen and oxygen atoms in total. The van der Waals surface area contributed by atoms with Crippen LogP contribution in [0.15, 0.2) is 84.9 Å². The van der Waals surface area contributed by atoms with E-state index in [2.05, 4.69) is 114 Å². The van der Waals surface area contributed by atoms with Crippen LogP contribution in [0, 0.1) is 13.8 Å². The molecule has 0 amide bonds. The predicted molar refractivity (Wildman–Crippen MR) is 170 cm³/mol. The van der Waals surface area contributed by atoms with Gasteiger partial charge in [0.1, 0.15) is 11.5 Å². The Morgan fingerprint density at radius 2 is 1.10 bits per heavy atom. The van der Waals surface area contributed by atoms with Crippen molar-refractivity contribution in [3.63, 3.8) is 0 Å². The number of fused-ring (bicyclic) bond motifs is 2. The van der Waals surface area contributed by atoms with Gasteiger partial charge in [-0.2, -0.15) is 4.78 Å². The smallest absolute Gasteiger partial charge is 0.421 e. The monoisotopic (exact) mass is 552 g/mol. The lowest BCUT2D eigenvalue weighted by Crippen LogP contribution is -2.30. The Kier molecular flexibility index (Phi) is 7.59. The first kappa shape index (κ1) is 28.1. The van der Waals surface area contributed by atoms with Gasteiger partial charge in [0.15, 0.2) is 0 Å². The van der Waals surface area contributed by atoms with Crippen LogP contribution < -0.4 is 19.3 Å². The fourth-order valence-electron chi connectivity index (χ4n) is 5.15. The molecule has 4 aromatic carbocycles. The number of rotatable bonds is 4. The van der Waals surface area contributed by atoms with Crippen molar-refractivity contribution in [1.29, 1.82) is 0 Å². The van der Waals surface area contributed by atoms with E-state index in [4.69, 9.17) is 9.05 Å². The van der Waals surface area contributed by atoms with E-state index in [1.807, 2.05) is 36.4 Å². The van der Waals surface area contributed by atoms with Crippen LogP contribution in [0.2, 0.25) is 0 Å². The molecule has 0 saturated heterocycles. The fraction of sp³-hybridized carbons (Fsp3) is 0.314. The zero-order chi connectivity index (χ0) is 28.7. The molecule has 1 aliphatic heterocycles. The van der Waals surface area contributed by atoms with E-state index in [-0.39, 0.29) is 10.8 Å². The molecule has 40 heavy (non-hydrogen) atoms. The molecule has 1 heterocycles. The predicted octanol–water partition coefficient (Wildman–Crippen LogP) is 10.0. The Labute approximate surface area is 241 Å². The Hall–Kier alpha value is -3.49. The van der Waals surface area contributed by atoms with E-state index in [1.165, 1.54) is 33.4 Å². The summed E-state index contributed by atoms with van der Waals surface area (Å²) in [7, 11) is -1.68. The number of hydrogen-bond donors (Lipinski definition) is 1. The summed E-state index contributed by atoms with van der Waals surface area (Å²) in [5, 5.41) is 0. The van der Waals surface area contributed by atoms with Gasteiger partial charge in [-0.1, -0.05) is 113 Å². The van der Waals surface area contributed by atoms with E-state index in [9.17, 15) is 0 Å². The summed E-state index contributed by atoms with van der Waals surface area (Å²) in [6, 6.07) is 29.6. The van der Waals surface area contributed by atoms with Gasteiger partial charge in [-0.3, -0.25) is 5.43 Å². The molecule has 1 N–H and O–H groups in total. The van der Waals surface area contributed by atoms with Gasteiger partial charge in [-0.15, -0.1) is 0 Å². The minimum absolute atomic E-state index is 0.104. The van der Waals surface area contributed by atoms with Crippen LogP contribution in [0.3, 0.4) is 0 Å². The molecule has 0 spiro atoms. The van der Waals surface area contributed by atoms with Crippen molar-refractivity contribution < 1.29 is 9.05 Å². The van der Waals surface area contributed by atoms with Crippen molar-refractivity contribution in [3.8, 4) is 11.5 Å². The molecule has 0 aliphatic carbocycles. The maximum absolute atomic E-state index is 7.10. The molecular weight excluding hydrogens is 511 g/mol. The van der Waals surface area contributed by atoms with Gasteiger partial charge in [0.25, 0.3) is 0 Å². The standard InChI is InChI=1S/C35H41N2O2P/c1-24-19-26-23-27-20-25(2)22-31(35(6,7)8)33(27)39-40(38-32(26)30(21-24)34(3,4)5)37(29-17-13-10-14-18-29)36-28-15-11-9-12-16-28/h9-22,36H,23H2,1-8H3. The minimum atomic E-state index is -1.68. The molecule has 208 valence electrons. The van der Waals surface area contributed by atoms with Gasteiger partial charge < -0.3 is 9.05 Å². The molecule has 0 saturated carbocycles. The molecule has 0 fully saturated rings. The van der Waals surface area contributed by atoms with E-state index in [0.29, 0.717) is 0 Å². The fourth-order valence-corrected chi connectivity index (χ4v) is 6.62. The Morgan fingerprint density at radius 3 is 1.55 bits per heavy atom. The molecule has 0 aromatic heterocycles. The molecule has 5 rings (SSSR count). The second-order valence-corrected chi connectivity index (χ2v) is 14.1. The highest BCUT2D eigenvalue weighted by molar-refractivity contribution is 7.50. The Morgan fingerprint density at radius 1 is 0.650 bits per heavy atom. The van der Waals surface area contributed by atoms with E-state index < -0.39 is 8.53 Å². The van der Waals surface area contributed by atoms with E-state index in [1.54, 1.807) is 0 Å². The highest BCUT2D eigenvalue weighted by Crippen LogP contribution is 2.54. The zero-order valence-corrected chi connectivity index (χ0v) is 25.9. The number of benzene rings is 4. The van der Waals surface area contributed by atoms with Crippen LogP contribution in [0.25, 0.3) is 0 Å². The first-order valence-corrected chi connectivity index (χ1v) is 15.1. The van der Waals surface area contributed by atoms with Crippen molar-refractivity contribution in [3.05, 3.63) is 118 Å². The summed E-state index contributed by atoms with van der Waals surface area (Å²) in [5.41, 5.74) is 12.6. The molecule has 1 aliphatic rings. The highest BCUT2D eigenvalue weighted by Gasteiger charge is 2.36. The molecule has 5 heteroatoms. The zero-order valence-electron chi connectivity index (χ0n) is 25.0. The quantitative estimate of drug-likeness (QED) is 0.202. The molecule has 0 unspecified atom stereocenters. The van der Waals surface area contributed by atoms with Crippen LogP contribution in [0.4, 0.5) is 11.4 Å². The third kappa shape index (κ3) is 5.98. The van der Waals surface area contributed by atoms with Gasteiger partial charge in [0, 0.05) is 17.5 Å². The van der Waals surface area contributed by atoms with Gasteiger partial charge >= 0.3 is 8.53 Å². The van der Waals surface area contributed by atoms with E-state index >= 15 is 0 Å². The third-order valence-corrected chi connectivity index (χ3v) is 8.46. The average molecular weight is 553 g/mol. The minimum Gasteiger partial charge on any atom is -0.421 e. The molecule has 0 radical (unpaired) electrons. The number of nitrogens with one attached hydrogen (secondary N) is 1. The van der Waals surface area contributed by atoms with Crippen LogP contribution in [-0.4, -0.2) is 0 Å². The number of nitrogens with zero attached hydrogens (tertiary/aromatic N) is 1. The van der Waals surface area contributed by atoms with Crippen molar-refractivity contribution in [2.45, 2.75) is 72.6 Å². The SMILES string of the molecule is Cc1cc2c(c(C(C)(C)C)c1)OP(N(Nc1ccccc1)c1ccccc1)Oc1c(cc(C)cc1C(C)(C)C)C2. The van der Waals surface area contributed by atoms with Crippen molar-refractivity contribution in [2.24, 2.45) is 0 Å². The lowest BCUT2D eigenvalue weighted by Gasteiger charge is -2.37. The average Bonchev–Trinajstić information content (AvgIpc) is 2.88. The normalized spacial score (nSPS) is 13.7. The van der Waals surface area contributed by atoms with E-state index in [0.717, 1.165) is 29.3 Å². The van der Waals surface area contributed by atoms with Crippen LogP contribution in [0.5, 0.6) is 11.5 Å². The molecular formula is C35H41N2O2P. The maximum atomic E-state index is 7.10. The maximum Gasteiger partial charge on any atom is 0.437 e. The first-order valence-electron chi connectivity index (χ1n) is 14.0. The van der Waals surface area contributed by atoms with Crippen molar-refractivity contribution in [1.82, 2.24) is 0 Å². The second-order valence-electron chi connectivity index (χ2n) is 12.8. The number of para-hydroxylation sites is 2. The highest BCUT2D eigenvalue weighted by atomic mass is 31.2. The Balaban J connectivity index is 1.76. The first-order chi connectivity index (χ1) is 18.9. The lowest BCUT2D eigenvalue weighted by atomic mass is 9.81. The number of anilines is 2. The summed E-state index contributed by atoms with van der Waals surface area (Å²) in [4.78, 5) is 0. The Bertz CT molecular complexity index is 1420. The second kappa shape index (κ2) is 10.8. The third-order valence-electron chi connectivity index (χ3n) is 7.13. The molecule has 0 bridgehead atoms. The van der Waals surface area contributed by atoms with Crippen molar-refractivity contribution >= 4 is 19.9 Å². The number of hydrazine groups is 1. The van der Waals surface area contributed by atoms with Crippen LogP contribution in [0.1, 0.15) is 74.9 Å². The van der Waals surface area contributed by atoms with Crippen LogP contribution in [-0.2, 0) is 17.3 Å². The lowest BCUT2D eigenvalue weighted by molar-refractivity contribution is 0.446. The molecule has 0 atom stereocenters. The van der Waals surface area contributed by atoms with Gasteiger partial charge in [0.05, 0.1) is 11.4 Å². The van der Waals surface area contributed by atoms with Gasteiger partial charge in [0.2, 0.25) is 0 Å². The van der Waals surface area contributed by atoms with Gasteiger partial charge in [-0.05, 0) is 60.1 Å². The topological polar surface area (TPSA) is 33.7 Å². The summed E-state index contributed by atoms with van der Waals surface area (Å²) in [5.74, 6) is 1.84. The molecule has 4 aromatic rings. The summed E-state index contributed by atoms with van der Waals surface area (Å²) in [6.07, 6.45) is 0.751. The summed E-state index contributed by atoms with van der Waals surface area (Å²) < 4.78 is 16.3. The van der Waals surface area contributed by atoms with Gasteiger partial charge in [-0.25, -0.2) is 0 Å². The summed E-state index contributed by atoms with van der Waals surface area (Å²) in [6.45, 7) is 17.9. The van der Waals surface area contributed by atoms with Crippen LogP contribution >= 0.6 is 8.53 Å². The summed E-state index contributed by atoms with van der Waals surface area (Å²) >= 11 is 0. The van der Waals surface area contributed by atoms with Crippen molar-refractivity contribution in [2.75, 3.05) is 10.2 Å². The number of aryl methyl sites for hydroxylation is 2. The largest absolute Gasteiger partial charge is 0.437 e.